The number of aromatic nitrogens is 2. The third-order valence-electron chi connectivity index (χ3n) is 3.69. The van der Waals surface area contributed by atoms with Crippen molar-refractivity contribution in [1.29, 1.82) is 0 Å². The van der Waals surface area contributed by atoms with E-state index in [2.05, 4.69) is 0 Å². The highest BCUT2D eigenvalue weighted by atomic mass is 16.3. The lowest BCUT2D eigenvalue weighted by molar-refractivity contribution is -0.122. The maximum atomic E-state index is 12.6. The van der Waals surface area contributed by atoms with Gasteiger partial charge in [-0.15, -0.1) is 0 Å². The topological polar surface area (TPSA) is 157 Å². The third-order valence-corrected chi connectivity index (χ3v) is 3.69. The molecule has 1 aromatic carbocycles. The summed E-state index contributed by atoms with van der Waals surface area (Å²) in [5.74, 6) is 8.88. The number of nitrogens with two attached hydrogens (primary N) is 2. The largest absolute Gasteiger partial charge is 0.493 e. The van der Waals surface area contributed by atoms with Crippen molar-refractivity contribution in [2.24, 2.45) is 11.7 Å². The van der Waals surface area contributed by atoms with Gasteiger partial charge in [-0.05, 0) is 0 Å². The zero-order valence-electron chi connectivity index (χ0n) is 13.4. The molecule has 1 aromatic heterocycles. The number of hydrogen-bond acceptors (Lipinski definition) is 6. The molecule has 0 saturated heterocycles. The number of carbonyl (C=O) groups excluding carboxylic acids is 2. The molecular weight excluding hydrogens is 328 g/mol. The predicted octanol–water partition coefficient (Wildman–Crippen LogP) is -1.22. The Morgan fingerprint density at radius 2 is 1.48 bits per heavy atom. The van der Waals surface area contributed by atoms with Gasteiger partial charge >= 0.3 is 5.69 Å². The minimum Gasteiger partial charge on any atom is -0.493 e. The second-order valence-electron chi connectivity index (χ2n) is 5.26. The summed E-state index contributed by atoms with van der Waals surface area (Å²) < 4.78 is 2.35. The quantitative estimate of drug-likeness (QED) is 0.240. The lowest BCUT2D eigenvalue weighted by Gasteiger charge is -2.07. The molecule has 0 spiro atoms. The SMILES string of the molecule is NNC(=O)CCn1c(O)c(-c2ccccc2)n(CCC(=O)NN)c1=O. The number of benzene rings is 1. The van der Waals surface area contributed by atoms with Crippen LogP contribution in [-0.4, -0.2) is 26.1 Å². The van der Waals surface area contributed by atoms with Gasteiger partial charge in [0.05, 0.1) is 0 Å². The van der Waals surface area contributed by atoms with E-state index in [-0.39, 0.29) is 37.5 Å². The molecule has 0 atom stereocenters. The Morgan fingerprint density at radius 3 is 2.00 bits per heavy atom. The van der Waals surface area contributed by atoms with Gasteiger partial charge in [-0.2, -0.15) is 0 Å². The van der Waals surface area contributed by atoms with Gasteiger partial charge in [0.15, 0.2) is 0 Å². The van der Waals surface area contributed by atoms with E-state index in [1.807, 2.05) is 10.9 Å². The Hall–Kier alpha value is -3.11. The van der Waals surface area contributed by atoms with Crippen molar-refractivity contribution in [2.45, 2.75) is 25.9 Å². The minimum atomic E-state index is -0.536. The fraction of sp³-hybridized carbons (Fsp3) is 0.267. The van der Waals surface area contributed by atoms with Gasteiger partial charge in [-0.3, -0.25) is 29.6 Å². The molecule has 10 heteroatoms. The molecule has 10 nitrogen and oxygen atoms in total. The number of hydrazine groups is 2. The van der Waals surface area contributed by atoms with Crippen LogP contribution in [-0.2, 0) is 22.7 Å². The van der Waals surface area contributed by atoms with Crippen LogP contribution < -0.4 is 28.2 Å². The Labute approximate surface area is 143 Å². The summed E-state index contributed by atoms with van der Waals surface area (Å²) >= 11 is 0. The summed E-state index contributed by atoms with van der Waals surface area (Å²) in [7, 11) is 0. The van der Waals surface area contributed by atoms with Crippen LogP contribution in [0.4, 0.5) is 0 Å². The number of carbonyl (C=O) groups is 2. The molecule has 0 aliphatic rings. The first-order chi connectivity index (χ1) is 12.0. The van der Waals surface area contributed by atoms with Crippen LogP contribution in [0.25, 0.3) is 11.3 Å². The molecule has 0 unspecified atom stereocenters. The van der Waals surface area contributed by atoms with E-state index in [4.69, 9.17) is 11.7 Å². The number of imidazole rings is 1. The number of amides is 2. The summed E-state index contributed by atoms with van der Waals surface area (Å²) in [6.07, 6.45) is -0.117. The van der Waals surface area contributed by atoms with Gasteiger partial charge < -0.3 is 5.11 Å². The molecule has 0 aliphatic carbocycles. The predicted molar refractivity (Wildman–Crippen MR) is 89.7 cm³/mol. The molecule has 0 fully saturated rings. The molecule has 7 N–H and O–H groups in total. The Morgan fingerprint density at radius 1 is 0.960 bits per heavy atom. The standard InChI is InChI=1S/C15H20N6O4/c16-18-11(22)6-8-20-13(10-4-2-1-3-5-10)14(24)21(15(20)25)9-7-12(23)19-17/h1-5,24H,6-9,16-17H2,(H,18,22)(H,19,23). The second-order valence-corrected chi connectivity index (χ2v) is 5.26. The van der Waals surface area contributed by atoms with E-state index in [1.54, 1.807) is 30.3 Å². The average molecular weight is 348 g/mol. The van der Waals surface area contributed by atoms with Crippen LogP contribution in [0, 0.1) is 0 Å². The Balaban J connectivity index is 2.45. The number of hydrogen-bond donors (Lipinski definition) is 5. The highest BCUT2D eigenvalue weighted by Crippen LogP contribution is 2.28. The maximum Gasteiger partial charge on any atom is 0.331 e. The van der Waals surface area contributed by atoms with Crippen LogP contribution >= 0.6 is 0 Å². The van der Waals surface area contributed by atoms with Crippen molar-refractivity contribution in [3.8, 4) is 17.1 Å². The van der Waals surface area contributed by atoms with Gasteiger partial charge in [0.1, 0.15) is 5.69 Å². The first-order valence-corrected chi connectivity index (χ1v) is 7.56. The molecule has 2 rings (SSSR count). The number of nitrogens with one attached hydrogen (secondary N) is 2. The molecule has 134 valence electrons. The molecule has 1 heterocycles. The van der Waals surface area contributed by atoms with Crippen LogP contribution in [0.1, 0.15) is 12.8 Å². The normalized spacial score (nSPS) is 10.5. The van der Waals surface area contributed by atoms with E-state index in [0.29, 0.717) is 5.56 Å². The molecule has 2 aromatic rings. The smallest absolute Gasteiger partial charge is 0.331 e. The number of nitrogens with zero attached hydrogens (tertiary/aromatic N) is 2. The highest BCUT2D eigenvalue weighted by molar-refractivity contribution is 5.75. The van der Waals surface area contributed by atoms with E-state index in [1.165, 1.54) is 4.57 Å². The molecule has 0 saturated carbocycles. The minimum absolute atomic E-state index is 0.0236. The van der Waals surface area contributed by atoms with Crippen molar-refractivity contribution in [3.05, 3.63) is 40.8 Å². The lowest BCUT2D eigenvalue weighted by Crippen LogP contribution is -2.33. The summed E-state index contributed by atoms with van der Waals surface area (Å²) in [5, 5.41) is 10.5. The lowest BCUT2D eigenvalue weighted by atomic mass is 10.1. The highest BCUT2D eigenvalue weighted by Gasteiger charge is 2.21. The fourth-order valence-corrected chi connectivity index (χ4v) is 2.44. The zero-order valence-corrected chi connectivity index (χ0v) is 13.4. The molecule has 0 radical (unpaired) electrons. The summed E-state index contributed by atoms with van der Waals surface area (Å²) in [4.78, 5) is 35.3. The fourth-order valence-electron chi connectivity index (χ4n) is 2.44. The van der Waals surface area contributed by atoms with Crippen LogP contribution in [0.5, 0.6) is 5.88 Å². The molecule has 0 aliphatic heterocycles. The Kier molecular flexibility index (Phi) is 5.93. The van der Waals surface area contributed by atoms with E-state index in [0.717, 1.165) is 4.57 Å². The first-order valence-electron chi connectivity index (χ1n) is 7.56. The maximum absolute atomic E-state index is 12.6. The summed E-state index contributed by atoms with van der Waals surface area (Å²) in [6, 6.07) is 8.77. The first kappa shape index (κ1) is 18.2. The summed E-state index contributed by atoms with van der Waals surface area (Å²) in [5.41, 5.74) is 4.29. The van der Waals surface area contributed by atoms with Crippen molar-refractivity contribution in [1.82, 2.24) is 20.0 Å². The third kappa shape index (κ3) is 4.05. The molecule has 2 amide bonds. The van der Waals surface area contributed by atoms with Gasteiger partial charge in [-0.25, -0.2) is 16.5 Å². The van der Waals surface area contributed by atoms with Crippen LogP contribution in [0.15, 0.2) is 35.1 Å². The molecular formula is C15H20N6O4. The van der Waals surface area contributed by atoms with Crippen molar-refractivity contribution in [2.75, 3.05) is 0 Å². The Bertz CT molecular complexity index is 811. The van der Waals surface area contributed by atoms with E-state index >= 15 is 0 Å². The van der Waals surface area contributed by atoms with Crippen molar-refractivity contribution < 1.29 is 14.7 Å². The second kappa shape index (κ2) is 8.13. The summed E-state index contributed by atoms with van der Waals surface area (Å²) in [6.45, 7) is -0.0284. The molecule has 0 bridgehead atoms. The van der Waals surface area contributed by atoms with Crippen molar-refractivity contribution >= 4 is 11.8 Å². The average Bonchev–Trinajstić information content (AvgIpc) is 2.88. The van der Waals surface area contributed by atoms with Gasteiger partial charge in [0, 0.05) is 31.5 Å². The van der Waals surface area contributed by atoms with Gasteiger partial charge in [0.25, 0.3) is 0 Å². The number of aromatic hydroxyl groups is 1. The van der Waals surface area contributed by atoms with E-state index in [9.17, 15) is 19.5 Å². The van der Waals surface area contributed by atoms with Crippen molar-refractivity contribution in [3.63, 3.8) is 0 Å². The van der Waals surface area contributed by atoms with E-state index < -0.39 is 17.5 Å². The van der Waals surface area contributed by atoms with Gasteiger partial charge in [-0.1, -0.05) is 30.3 Å². The van der Waals surface area contributed by atoms with Gasteiger partial charge in [0.2, 0.25) is 17.7 Å². The number of rotatable bonds is 7. The zero-order chi connectivity index (χ0) is 18.4. The molecule has 25 heavy (non-hydrogen) atoms. The van der Waals surface area contributed by atoms with Crippen LogP contribution in [0.3, 0.4) is 0 Å². The monoisotopic (exact) mass is 348 g/mol. The van der Waals surface area contributed by atoms with Crippen LogP contribution in [0.2, 0.25) is 0 Å².